The van der Waals surface area contributed by atoms with Crippen LogP contribution < -0.4 is 9.79 Å². The molecular formula is H2NO7PZn. The zero-order chi connectivity index (χ0) is 8.08. The first kappa shape index (κ1) is 16.5. The quantitative estimate of drug-likeness (QED) is 0.199. The Hall–Kier alpha value is -0.0666. The van der Waals surface area contributed by atoms with E-state index in [9.17, 15) is 0 Å². The molecule has 10 heteroatoms. The third-order valence-electron chi connectivity index (χ3n) is 0. The number of nitrogens with zero attached hydrogens (tertiary/aromatic N) is 1. The van der Waals surface area contributed by atoms with Crippen LogP contribution in [0.15, 0.2) is 0 Å². The number of hydrogen-bond donors (Lipinski definition) is 2. The molecular weight excluding hydrogens is 222 g/mol. The van der Waals surface area contributed by atoms with Crippen molar-refractivity contribution in [2.24, 2.45) is 0 Å². The van der Waals surface area contributed by atoms with Crippen LogP contribution in [0.3, 0.4) is 0 Å². The molecule has 0 radical (unpaired) electrons. The summed E-state index contributed by atoms with van der Waals surface area (Å²) in [6.45, 7) is 0. The first-order valence-electron chi connectivity index (χ1n) is 1.31. The molecule has 2 N–H and O–H groups in total. The maximum atomic E-state index is 8.66. The number of rotatable bonds is 0. The van der Waals surface area contributed by atoms with Crippen molar-refractivity contribution in [3.05, 3.63) is 10.1 Å². The summed E-state index contributed by atoms with van der Waals surface area (Å²) >= 11 is 0. The molecule has 0 aliphatic heterocycles. The zero-order valence-electron chi connectivity index (χ0n) is 4.54. The van der Waals surface area contributed by atoms with Crippen molar-refractivity contribution in [3.8, 4) is 0 Å². The average molecular weight is 224 g/mol. The molecule has 0 unspecified atom stereocenters. The van der Waals surface area contributed by atoms with Crippen LogP contribution >= 0.6 is 7.82 Å². The van der Waals surface area contributed by atoms with Gasteiger partial charge < -0.3 is 24.5 Å². The molecule has 0 atom stereocenters. The number of phosphoric acid groups is 1. The van der Waals surface area contributed by atoms with Crippen LogP contribution in [0.25, 0.3) is 0 Å². The Morgan fingerprint density at radius 1 is 1.40 bits per heavy atom. The Labute approximate surface area is 67.6 Å². The molecule has 8 nitrogen and oxygen atoms in total. The van der Waals surface area contributed by atoms with Crippen LogP contribution in [0.4, 0.5) is 0 Å². The van der Waals surface area contributed by atoms with Crippen LogP contribution in [0.2, 0.25) is 0 Å². The van der Waals surface area contributed by atoms with Gasteiger partial charge in [0.25, 0.3) is 5.09 Å². The maximum absolute atomic E-state index is 8.66. The molecule has 0 rings (SSSR count). The molecule has 0 bridgehead atoms. The van der Waals surface area contributed by atoms with Crippen LogP contribution in [0.1, 0.15) is 0 Å². The summed E-state index contributed by atoms with van der Waals surface area (Å²) in [5.41, 5.74) is 0. The first-order valence-corrected chi connectivity index (χ1v) is 2.81. The van der Waals surface area contributed by atoms with Gasteiger partial charge in [0.15, 0.2) is 0 Å². The monoisotopic (exact) mass is 223 g/mol. The summed E-state index contributed by atoms with van der Waals surface area (Å²) in [5, 5.41) is 13.6. The van der Waals surface area contributed by atoms with E-state index in [4.69, 9.17) is 34.6 Å². The third-order valence-corrected chi connectivity index (χ3v) is 0. The predicted molar refractivity (Wildman–Crippen MR) is 18.6 cm³/mol. The second-order valence-electron chi connectivity index (χ2n) is 0.706. The molecule has 0 saturated heterocycles. The van der Waals surface area contributed by atoms with Gasteiger partial charge in [-0.25, -0.2) is 0 Å². The summed E-state index contributed by atoms with van der Waals surface area (Å²) < 4.78 is 8.66. The van der Waals surface area contributed by atoms with E-state index in [0.29, 0.717) is 0 Å². The minimum Gasteiger partial charge on any atom is -0.790 e. The van der Waals surface area contributed by atoms with E-state index >= 15 is 0 Å². The second kappa shape index (κ2) is 7.05. The fourth-order valence-corrected chi connectivity index (χ4v) is 0. The van der Waals surface area contributed by atoms with Crippen molar-refractivity contribution in [2.45, 2.75) is 0 Å². The van der Waals surface area contributed by atoms with Gasteiger partial charge in [-0.15, -0.1) is 10.1 Å². The first-order chi connectivity index (χ1) is 3.73. The average Bonchev–Trinajstić information content (AvgIpc) is 1.19. The minimum atomic E-state index is -5.14. The molecule has 0 amide bonds. The van der Waals surface area contributed by atoms with Crippen LogP contribution in [0.5, 0.6) is 0 Å². The van der Waals surface area contributed by atoms with Crippen LogP contribution in [-0.4, -0.2) is 15.2 Å². The van der Waals surface area contributed by atoms with Gasteiger partial charge in [-0.1, -0.05) is 0 Å². The van der Waals surface area contributed by atoms with Crippen molar-refractivity contribution in [2.75, 3.05) is 0 Å². The van der Waals surface area contributed by atoms with E-state index in [1.807, 2.05) is 0 Å². The summed E-state index contributed by atoms with van der Waals surface area (Å²) in [6.07, 6.45) is 0. The Bertz CT molecular complexity index is 113. The molecule has 56 valence electrons. The van der Waals surface area contributed by atoms with E-state index in [1.54, 1.807) is 0 Å². The normalized spacial score (nSPS) is 8.30. The van der Waals surface area contributed by atoms with E-state index in [-0.39, 0.29) is 19.5 Å². The van der Waals surface area contributed by atoms with E-state index < -0.39 is 12.9 Å². The standard InChI is InChI=1S/HNO3.H3O4P.Zn/c2-1(3)4;1-5(2,3)4;/h(H,2,3,4);(H3,1,2,3,4);/q;;+2/p-2. The molecule has 10 heavy (non-hydrogen) atoms. The van der Waals surface area contributed by atoms with Crippen LogP contribution in [0, 0.1) is 10.1 Å². The molecule has 0 aromatic heterocycles. The fourth-order valence-electron chi connectivity index (χ4n) is 0. The third kappa shape index (κ3) is 85900. The fraction of sp³-hybridized carbons (Fsp3) is 0. The van der Waals surface area contributed by atoms with Gasteiger partial charge in [-0.3, -0.25) is 0 Å². The molecule has 0 heterocycles. The molecule has 0 saturated carbocycles. The molecule has 0 aromatic carbocycles. The summed E-state index contributed by atoms with van der Waals surface area (Å²) in [7, 11) is -5.14. The smallest absolute Gasteiger partial charge is 0.790 e. The van der Waals surface area contributed by atoms with E-state index in [2.05, 4.69) is 0 Å². The Morgan fingerprint density at radius 2 is 1.40 bits per heavy atom. The van der Waals surface area contributed by atoms with Crippen molar-refractivity contribution >= 4 is 7.82 Å². The molecule has 0 aromatic rings. The van der Waals surface area contributed by atoms with Crippen molar-refractivity contribution in [3.63, 3.8) is 0 Å². The van der Waals surface area contributed by atoms with E-state index in [1.165, 1.54) is 0 Å². The SMILES string of the molecule is O=P([O-])([O-])O.O=[N+]([O-])O.[Zn+2]. The molecule has 0 aliphatic carbocycles. The molecule has 0 aliphatic rings. The van der Waals surface area contributed by atoms with Crippen molar-refractivity contribution in [1.82, 2.24) is 0 Å². The van der Waals surface area contributed by atoms with Gasteiger partial charge in [0.2, 0.25) is 0 Å². The van der Waals surface area contributed by atoms with Gasteiger partial charge in [0, 0.05) is 0 Å². The largest absolute Gasteiger partial charge is 2.00 e. The Balaban J connectivity index is -0.0000000910. The summed E-state index contributed by atoms with van der Waals surface area (Å²) in [4.78, 5) is 32.6. The van der Waals surface area contributed by atoms with Crippen molar-refractivity contribution < 1.29 is 49.0 Å². The maximum Gasteiger partial charge on any atom is 2.00 e. The van der Waals surface area contributed by atoms with Crippen molar-refractivity contribution in [1.29, 1.82) is 0 Å². The summed E-state index contributed by atoms with van der Waals surface area (Å²) in [5.74, 6) is 0. The Kier molecular flexibility index (Phi) is 11.6. The summed E-state index contributed by atoms with van der Waals surface area (Å²) in [6, 6.07) is 0. The van der Waals surface area contributed by atoms with Gasteiger partial charge in [0.1, 0.15) is 0 Å². The van der Waals surface area contributed by atoms with E-state index in [0.717, 1.165) is 0 Å². The number of hydrogen-bond acceptors (Lipinski definition) is 5. The zero-order valence-corrected chi connectivity index (χ0v) is 8.40. The predicted octanol–water partition coefficient (Wildman–Crippen LogP) is -2.54. The Morgan fingerprint density at radius 3 is 1.40 bits per heavy atom. The van der Waals surface area contributed by atoms with Gasteiger partial charge in [0.05, 0.1) is 7.82 Å². The minimum absolute atomic E-state index is 0. The van der Waals surface area contributed by atoms with Gasteiger partial charge in [-0.05, 0) is 0 Å². The topological polar surface area (TPSA) is 147 Å². The van der Waals surface area contributed by atoms with Gasteiger partial charge >= 0.3 is 19.5 Å². The molecule has 0 spiro atoms. The van der Waals surface area contributed by atoms with Gasteiger partial charge in [-0.2, -0.15) is 0 Å². The van der Waals surface area contributed by atoms with Crippen LogP contribution in [-0.2, 0) is 24.0 Å². The second-order valence-corrected chi connectivity index (χ2v) is 1.64. The molecule has 0 fully saturated rings.